The molecule has 1 aromatic rings. The van der Waals surface area contributed by atoms with Crippen LogP contribution in [-0.2, 0) is 0 Å². The minimum absolute atomic E-state index is 0.313. The van der Waals surface area contributed by atoms with Gasteiger partial charge in [-0.15, -0.1) is 11.3 Å². The molecule has 0 radical (unpaired) electrons. The summed E-state index contributed by atoms with van der Waals surface area (Å²) in [4.78, 5) is 5.79. The van der Waals surface area contributed by atoms with E-state index in [2.05, 4.69) is 51.8 Å². The van der Waals surface area contributed by atoms with Crippen molar-refractivity contribution >= 4 is 16.5 Å². The van der Waals surface area contributed by atoms with Crippen LogP contribution in [0.4, 0.5) is 5.13 Å². The van der Waals surface area contributed by atoms with Crippen molar-refractivity contribution in [1.82, 2.24) is 4.98 Å². The minimum Gasteiger partial charge on any atom is -0.361 e. The van der Waals surface area contributed by atoms with Gasteiger partial charge < -0.3 is 5.32 Å². The third-order valence-corrected chi connectivity index (χ3v) is 4.32. The van der Waals surface area contributed by atoms with Crippen molar-refractivity contribution in [3.63, 3.8) is 0 Å². The first kappa shape index (κ1) is 12.5. The van der Waals surface area contributed by atoms with Crippen molar-refractivity contribution in [2.75, 3.05) is 11.9 Å². The van der Waals surface area contributed by atoms with E-state index in [0.29, 0.717) is 11.3 Å². The molecule has 1 N–H and O–H groups in total. The molecule has 1 aromatic heterocycles. The van der Waals surface area contributed by atoms with Crippen LogP contribution in [0, 0.1) is 25.2 Å². The second kappa shape index (κ2) is 4.52. The van der Waals surface area contributed by atoms with Crippen LogP contribution in [0.1, 0.15) is 38.3 Å². The van der Waals surface area contributed by atoms with Gasteiger partial charge in [0.25, 0.3) is 0 Å². The Morgan fingerprint density at radius 1 is 1.33 bits per heavy atom. The van der Waals surface area contributed by atoms with Crippen molar-refractivity contribution in [3.8, 4) is 0 Å². The molecular formula is C12H22N2S. The molecule has 0 amide bonds. The Hall–Kier alpha value is -0.570. The fourth-order valence-corrected chi connectivity index (χ4v) is 1.87. The number of rotatable bonds is 4. The molecule has 0 saturated carbocycles. The molecule has 0 atom stereocenters. The largest absolute Gasteiger partial charge is 0.361 e. The molecule has 2 nitrogen and oxygen atoms in total. The molecule has 1 rings (SSSR count). The van der Waals surface area contributed by atoms with E-state index in [4.69, 9.17) is 0 Å². The number of nitrogens with one attached hydrogen (secondary N) is 1. The Morgan fingerprint density at radius 2 is 1.93 bits per heavy atom. The summed E-state index contributed by atoms with van der Waals surface area (Å²) in [6, 6.07) is 0. The monoisotopic (exact) mass is 226 g/mol. The molecular weight excluding hydrogens is 204 g/mol. The van der Waals surface area contributed by atoms with E-state index in [-0.39, 0.29) is 0 Å². The highest BCUT2D eigenvalue weighted by molar-refractivity contribution is 7.15. The van der Waals surface area contributed by atoms with E-state index in [1.807, 2.05) is 0 Å². The molecule has 0 bridgehead atoms. The molecule has 15 heavy (non-hydrogen) atoms. The van der Waals surface area contributed by atoms with Crippen LogP contribution in [0.3, 0.4) is 0 Å². The summed E-state index contributed by atoms with van der Waals surface area (Å²) in [7, 11) is 0. The molecule has 0 saturated heterocycles. The zero-order chi connectivity index (χ0) is 11.6. The van der Waals surface area contributed by atoms with Crippen LogP contribution in [0.25, 0.3) is 0 Å². The summed E-state index contributed by atoms with van der Waals surface area (Å²) in [5, 5.41) is 4.49. The lowest BCUT2D eigenvalue weighted by Gasteiger charge is -2.29. The third-order valence-electron chi connectivity index (χ3n) is 3.29. The molecule has 86 valence electrons. The fourth-order valence-electron chi connectivity index (χ4n) is 1.06. The second-order valence-corrected chi connectivity index (χ2v) is 6.36. The van der Waals surface area contributed by atoms with E-state index < -0.39 is 0 Å². The zero-order valence-electron chi connectivity index (χ0n) is 10.6. The van der Waals surface area contributed by atoms with Gasteiger partial charge >= 0.3 is 0 Å². The molecule has 0 spiro atoms. The number of hydrogen-bond donors (Lipinski definition) is 1. The first-order valence-corrected chi connectivity index (χ1v) is 6.32. The standard InChI is InChI=1S/C12H22N2S/c1-8(2)12(5,6)7-13-11-14-9(3)10(4)15-11/h8H,7H2,1-6H3,(H,13,14). The molecule has 0 unspecified atom stereocenters. The quantitative estimate of drug-likeness (QED) is 0.843. The molecule has 0 fully saturated rings. The van der Waals surface area contributed by atoms with Crippen molar-refractivity contribution in [1.29, 1.82) is 0 Å². The topological polar surface area (TPSA) is 24.9 Å². The van der Waals surface area contributed by atoms with Gasteiger partial charge in [0.2, 0.25) is 0 Å². The zero-order valence-corrected chi connectivity index (χ0v) is 11.5. The predicted molar refractivity (Wildman–Crippen MR) is 68.7 cm³/mol. The lowest BCUT2D eigenvalue weighted by atomic mass is 9.81. The average molecular weight is 226 g/mol. The Balaban J connectivity index is 2.57. The normalized spacial score (nSPS) is 12.2. The Morgan fingerprint density at radius 3 is 2.33 bits per heavy atom. The molecule has 0 aliphatic heterocycles. The second-order valence-electron chi connectivity index (χ2n) is 5.16. The van der Waals surface area contributed by atoms with Crippen LogP contribution < -0.4 is 5.32 Å². The number of aromatic nitrogens is 1. The maximum Gasteiger partial charge on any atom is 0.183 e. The first-order chi connectivity index (χ1) is 6.83. The van der Waals surface area contributed by atoms with E-state index in [0.717, 1.165) is 17.4 Å². The first-order valence-electron chi connectivity index (χ1n) is 5.51. The van der Waals surface area contributed by atoms with Crippen LogP contribution in [0.15, 0.2) is 0 Å². The summed E-state index contributed by atoms with van der Waals surface area (Å²) < 4.78 is 0. The van der Waals surface area contributed by atoms with Gasteiger partial charge in [-0.05, 0) is 25.2 Å². The van der Waals surface area contributed by atoms with Gasteiger partial charge in [0.05, 0.1) is 5.69 Å². The summed E-state index contributed by atoms with van der Waals surface area (Å²) in [6.07, 6.45) is 0. The van der Waals surface area contributed by atoms with Crippen LogP contribution >= 0.6 is 11.3 Å². The Bertz CT molecular complexity index is 307. The fraction of sp³-hybridized carbons (Fsp3) is 0.750. The predicted octanol–water partition coefficient (Wildman–Crippen LogP) is 3.85. The number of hydrogen-bond acceptors (Lipinski definition) is 3. The Kier molecular flexibility index (Phi) is 3.77. The van der Waals surface area contributed by atoms with Crippen molar-refractivity contribution in [2.24, 2.45) is 11.3 Å². The smallest absolute Gasteiger partial charge is 0.183 e. The highest BCUT2D eigenvalue weighted by Gasteiger charge is 2.22. The van der Waals surface area contributed by atoms with Crippen molar-refractivity contribution in [2.45, 2.75) is 41.5 Å². The van der Waals surface area contributed by atoms with Crippen LogP contribution in [0.5, 0.6) is 0 Å². The average Bonchev–Trinajstić information content (AvgIpc) is 2.43. The number of thiazole rings is 1. The summed E-state index contributed by atoms with van der Waals surface area (Å²) in [5.41, 5.74) is 1.46. The highest BCUT2D eigenvalue weighted by atomic mass is 32.1. The minimum atomic E-state index is 0.313. The lowest BCUT2D eigenvalue weighted by molar-refractivity contribution is 0.269. The molecule has 3 heteroatoms. The third kappa shape index (κ3) is 3.20. The number of anilines is 1. The van der Waals surface area contributed by atoms with Gasteiger partial charge in [0.1, 0.15) is 0 Å². The number of nitrogens with zero attached hydrogens (tertiary/aromatic N) is 1. The SMILES string of the molecule is Cc1nc(NCC(C)(C)C(C)C)sc1C. The van der Waals surface area contributed by atoms with Crippen molar-refractivity contribution < 1.29 is 0 Å². The molecule has 0 aliphatic rings. The van der Waals surface area contributed by atoms with E-state index >= 15 is 0 Å². The maximum absolute atomic E-state index is 4.48. The van der Waals surface area contributed by atoms with Crippen LogP contribution in [0.2, 0.25) is 0 Å². The van der Waals surface area contributed by atoms with Gasteiger partial charge in [0.15, 0.2) is 5.13 Å². The summed E-state index contributed by atoms with van der Waals surface area (Å²) in [6.45, 7) is 14.3. The van der Waals surface area contributed by atoms with Gasteiger partial charge in [-0.3, -0.25) is 0 Å². The van der Waals surface area contributed by atoms with E-state index in [9.17, 15) is 0 Å². The van der Waals surface area contributed by atoms with E-state index in [1.165, 1.54) is 4.88 Å². The highest BCUT2D eigenvalue weighted by Crippen LogP contribution is 2.28. The van der Waals surface area contributed by atoms with Gasteiger partial charge in [-0.25, -0.2) is 4.98 Å². The van der Waals surface area contributed by atoms with Gasteiger partial charge in [-0.1, -0.05) is 27.7 Å². The number of aryl methyl sites for hydroxylation is 2. The van der Waals surface area contributed by atoms with Gasteiger partial charge in [-0.2, -0.15) is 0 Å². The molecule has 0 aromatic carbocycles. The Labute approximate surface area is 97.1 Å². The summed E-state index contributed by atoms with van der Waals surface area (Å²) >= 11 is 1.74. The molecule has 1 heterocycles. The van der Waals surface area contributed by atoms with Gasteiger partial charge in [0, 0.05) is 11.4 Å². The van der Waals surface area contributed by atoms with Crippen LogP contribution in [-0.4, -0.2) is 11.5 Å². The molecule has 0 aliphatic carbocycles. The summed E-state index contributed by atoms with van der Waals surface area (Å²) in [5.74, 6) is 0.673. The van der Waals surface area contributed by atoms with Crippen molar-refractivity contribution in [3.05, 3.63) is 10.6 Å². The van der Waals surface area contributed by atoms with E-state index in [1.54, 1.807) is 11.3 Å². The lowest BCUT2D eigenvalue weighted by Crippen LogP contribution is -2.28. The maximum atomic E-state index is 4.48.